The molecule has 3 heterocycles. The van der Waals surface area contributed by atoms with E-state index < -0.39 is 168 Å². The van der Waals surface area contributed by atoms with Crippen molar-refractivity contribution in [2.24, 2.45) is 35.5 Å². The normalized spacial score (nSPS) is 25.9. The number of ketones is 2. The van der Waals surface area contributed by atoms with Crippen molar-refractivity contribution in [2.75, 3.05) is 34.3 Å². The molecular weight excluding hydrogens is 1120 g/mol. The van der Waals surface area contributed by atoms with E-state index in [1.165, 1.54) is 59.6 Å². The summed E-state index contributed by atoms with van der Waals surface area (Å²) in [5.74, 6) is -12.9. The molecular formula is C64H99N7O16. The van der Waals surface area contributed by atoms with Crippen LogP contribution in [0.5, 0.6) is 5.75 Å². The predicted octanol–water partition coefficient (Wildman–Crippen LogP) is 4.85. The number of esters is 3. The molecule has 3 fully saturated rings. The van der Waals surface area contributed by atoms with Crippen LogP contribution in [0.15, 0.2) is 24.3 Å². The lowest BCUT2D eigenvalue weighted by Gasteiger charge is -2.43. The van der Waals surface area contributed by atoms with E-state index in [0.717, 1.165) is 6.92 Å². The molecule has 0 aromatic heterocycles. The van der Waals surface area contributed by atoms with E-state index in [-0.39, 0.29) is 57.0 Å². The number of Topliss-reactive ketones (excluding diaryl/α,β-unsaturated/α-hetero) is 2. The molecule has 0 unspecified atom stereocenters. The Morgan fingerprint density at radius 2 is 1.41 bits per heavy atom. The van der Waals surface area contributed by atoms with Gasteiger partial charge in [-0.05, 0) is 108 Å². The Hall–Kier alpha value is -6.94. The summed E-state index contributed by atoms with van der Waals surface area (Å²) in [6.45, 7) is 24.7. The third-order valence-electron chi connectivity index (χ3n) is 16.9. The number of amides is 7. The molecule has 12 atom stereocenters. The zero-order valence-corrected chi connectivity index (χ0v) is 54.7. The number of rotatable bonds is 18. The summed E-state index contributed by atoms with van der Waals surface area (Å²) in [5.41, 5.74) is 0.560. The first kappa shape index (κ1) is 72.5. The maximum atomic E-state index is 15.9. The lowest BCUT2D eigenvalue weighted by atomic mass is 9.91. The second-order valence-electron chi connectivity index (χ2n) is 25.7. The molecule has 23 nitrogen and oxygen atoms in total. The minimum absolute atomic E-state index is 0.0453. The SMILES string of the molecule is CC[C@H](C)[C@@H]1NC(=O)[C@@H](N(C(=O)[C@@H](CC(C)C)N(C)C(=O)[C@@H]2CCCN2C(=O)C(C)=O)C(C)C)[C@@H](C)OC(=O)[C@H](Cc2ccc(OC)cc2)N(C)C(=O)[C@@H]2CCCN2C(=O)[C@H](CC(C)C)NC(=O)[C@@H](C)C(=O)[C@H](C(C)C)OC(=O)C[C@H]1OC(=O)C(C)C. The highest BCUT2D eigenvalue weighted by Gasteiger charge is 2.49. The van der Waals surface area contributed by atoms with Crippen molar-refractivity contribution in [2.45, 2.75) is 228 Å². The zero-order chi connectivity index (χ0) is 65.6. The van der Waals surface area contributed by atoms with Gasteiger partial charge in [-0.15, -0.1) is 0 Å². The molecule has 87 heavy (non-hydrogen) atoms. The summed E-state index contributed by atoms with van der Waals surface area (Å²) in [5, 5.41) is 5.77. The van der Waals surface area contributed by atoms with E-state index in [1.54, 1.807) is 79.7 Å². The van der Waals surface area contributed by atoms with Crippen LogP contribution in [0, 0.1) is 35.5 Å². The molecule has 0 bridgehead atoms. The molecule has 7 amide bonds. The number of likely N-dealkylation sites (tertiary alicyclic amines) is 1. The van der Waals surface area contributed by atoms with Crippen LogP contribution < -0.4 is 15.4 Å². The number of cyclic esters (lactones) is 2. The van der Waals surface area contributed by atoms with Gasteiger partial charge in [0, 0.05) is 46.6 Å². The van der Waals surface area contributed by atoms with Gasteiger partial charge in [0.15, 0.2) is 11.9 Å². The van der Waals surface area contributed by atoms with Crippen molar-refractivity contribution < 1.29 is 76.5 Å². The fourth-order valence-corrected chi connectivity index (χ4v) is 11.6. The average Bonchev–Trinajstić information content (AvgIpc) is 3.12. The van der Waals surface area contributed by atoms with Gasteiger partial charge >= 0.3 is 17.9 Å². The van der Waals surface area contributed by atoms with Crippen molar-refractivity contribution in [3.63, 3.8) is 0 Å². The first-order valence-electron chi connectivity index (χ1n) is 31.0. The molecule has 3 aliphatic rings. The first-order valence-corrected chi connectivity index (χ1v) is 31.0. The van der Waals surface area contributed by atoms with E-state index in [2.05, 4.69) is 10.6 Å². The Morgan fingerprint density at radius 3 is 1.95 bits per heavy atom. The number of carbonyl (C=O) groups is 12. The molecule has 0 aliphatic carbocycles. The minimum Gasteiger partial charge on any atom is -0.497 e. The number of hydrogen-bond donors (Lipinski definition) is 2. The average molecular weight is 1220 g/mol. The molecule has 486 valence electrons. The van der Waals surface area contributed by atoms with Crippen LogP contribution in [0.1, 0.15) is 161 Å². The summed E-state index contributed by atoms with van der Waals surface area (Å²) >= 11 is 0. The number of nitrogens with zero attached hydrogens (tertiary/aromatic N) is 5. The topological polar surface area (TPSA) is 282 Å². The molecule has 0 spiro atoms. The fraction of sp³-hybridized carbons (Fsp3) is 0.719. The quantitative estimate of drug-likeness (QED) is 0.0860. The number of hydrogen-bond acceptors (Lipinski definition) is 16. The number of nitrogens with one attached hydrogen (secondary N) is 2. The van der Waals surface area contributed by atoms with Crippen LogP contribution in [-0.4, -0.2) is 196 Å². The smallest absolute Gasteiger partial charge is 0.329 e. The molecule has 3 saturated heterocycles. The fourth-order valence-electron chi connectivity index (χ4n) is 11.6. The van der Waals surface area contributed by atoms with Crippen LogP contribution in [0.25, 0.3) is 0 Å². The number of benzene rings is 1. The Balaban J connectivity index is 2.05. The number of ether oxygens (including phenoxy) is 4. The summed E-state index contributed by atoms with van der Waals surface area (Å²) in [6, 6.07) is -3.33. The highest BCUT2D eigenvalue weighted by atomic mass is 16.6. The van der Waals surface area contributed by atoms with Gasteiger partial charge in [-0.2, -0.15) is 0 Å². The van der Waals surface area contributed by atoms with Gasteiger partial charge in [0.25, 0.3) is 5.91 Å². The number of methoxy groups -OCH3 is 1. The molecule has 3 aliphatic heterocycles. The maximum Gasteiger partial charge on any atom is 0.329 e. The molecule has 23 heteroatoms. The van der Waals surface area contributed by atoms with E-state index in [1.807, 2.05) is 27.7 Å². The Bertz CT molecular complexity index is 2640. The van der Waals surface area contributed by atoms with Crippen LogP contribution in [0.4, 0.5) is 0 Å². The Labute approximate surface area is 514 Å². The van der Waals surface area contributed by atoms with Crippen LogP contribution >= 0.6 is 0 Å². The minimum atomic E-state index is -1.78. The van der Waals surface area contributed by atoms with Gasteiger partial charge in [-0.3, -0.25) is 52.7 Å². The third-order valence-corrected chi connectivity index (χ3v) is 16.9. The van der Waals surface area contributed by atoms with E-state index in [4.69, 9.17) is 18.9 Å². The van der Waals surface area contributed by atoms with Crippen molar-refractivity contribution in [3.05, 3.63) is 29.8 Å². The van der Waals surface area contributed by atoms with Gasteiger partial charge < -0.3 is 54.1 Å². The van der Waals surface area contributed by atoms with Gasteiger partial charge in [-0.1, -0.05) is 87.8 Å². The van der Waals surface area contributed by atoms with Crippen LogP contribution in [-0.2, 0) is 78.2 Å². The van der Waals surface area contributed by atoms with Gasteiger partial charge in [0.2, 0.25) is 41.2 Å². The van der Waals surface area contributed by atoms with E-state index in [0.29, 0.717) is 30.6 Å². The van der Waals surface area contributed by atoms with E-state index >= 15 is 19.2 Å². The largest absolute Gasteiger partial charge is 0.497 e. The molecule has 2 N–H and O–H groups in total. The molecule has 0 radical (unpaired) electrons. The van der Waals surface area contributed by atoms with Crippen LogP contribution in [0.3, 0.4) is 0 Å². The Kier molecular flexibility index (Phi) is 27.0. The van der Waals surface area contributed by atoms with Crippen LogP contribution in [0.2, 0.25) is 0 Å². The third kappa shape index (κ3) is 18.6. The monoisotopic (exact) mass is 1220 g/mol. The Morgan fingerprint density at radius 1 is 0.793 bits per heavy atom. The number of fused-ring (bicyclic) bond motifs is 1. The molecule has 0 saturated carbocycles. The van der Waals surface area contributed by atoms with E-state index in [9.17, 15) is 38.4 Å². The zero-order valence-electron chi connectivity index (χ0n) is 54.7. The predicted molar refractivity (Wildman–Crippen MR) is 322 cm³/mol. The molecule has 1 aromatic carbocycles. The van der Waals surface area contributed by atoms with Gasteiger partial charge in [0.1, 0.15) is 54.2 Å². The lowest BCUT2D eigenvalue weighted by Crippen LogP contribution is -2.65. The second kappa shape index (κ2) is 32.3. The molecule has 1 aromatic rings. The molecule has 4 rings (SSSR count). The standard InChI is InChI=1S/C64H99N7O16/c1-19-39(12)52-50(86-63(82)37(8)9)33-51(73)87-55(36(6)7)54(74)40(13)56(75)65-45(30-34(2)3)59(78)70-29-21-23-47(70)61(80)68(17)49(32-43-24-26-44(84-18)27-25-43)64(83)85-42(15)53(57(76)66-52)71(38(10)11)62(81)48(31-35(4)5)67(16)60(79)46-22-20-28-69(46)58(77)41(14)72/h24-27,34-40,42,45-50,52-53,55H,19-23,28-33H2,1-18H3,(H,65,75)(H,66,76)/t39-,40-,42+,45-,46-,47-,48+,49-,50+,52-,53-,55-/m0/s1. The summed E-state index contributed by atoms with van der Waals surface area (Å²) in [6.07, 6.45) is -3.76. The maximum absolute atomic E-state index is 15.9. The van der Waals surface area contributed by atoms with Gasteiger partial charge in [-0.25, -0.2) is 4.79 Å². The summed E-state index contributed by atoms with van der Waals surface area (Å²) < 4.78 is 23.9. The highest BCUT2D eigenvalue weighted by molar-refractivity contribution is 6.35. The highest BCUT2D eigenvalue weighted by Crippen LogP contribution is 2.30. The second-order valence-corrected chi connectivity index (χ2v) is 25.7. The summed E-state index contributed by atoms with van der Waals surface area (Å²) in [4.78, 5) is 180. The lowest BCUT2D eigenvalue weighted by molar-refractivity contribution is -0.170. The summed E-state index contributed by atoms with van der Waals surface area (Å²) in [7, 11) is 4.32. The first-order chi connectivity index (χ1) is 40.7. The van der Waals surface area contributed by atoms with Crippen molar-refractivity contribution >= 4 is 70.8 Å². The number of likely N-dealkylation sites (N-methyl/N-ethyl adjacent to an activating group) is 2. The van der Waals surface area contributed by atoms with Crippen molar-refractivity contribution in [3.8, 4) is 5.75 Å². The number of carbonyl (C=O) groups excluding carboxylic acids is 12. The van der Waals surface area contributed by atoms with Crippen molar-refractivity contribution in [1.82, 2.24) is 35.1 Å². The van der Waals surface area contributed by atoms with Gasteiger partial charge in [0.05, 0.1) is 31.4 Å². The van der Waals surface area contributed by atoms with Crippen molar-refractivity contribution in [1.29, 1.82) is 0 Å².